The third-order valence-electron chi connectivity index (χ3n) is 8.81. The molecule has 0 radical (unpaired) electrons. The molecule has 2 saturated heterocycles. The van der Waals surface area contributed by atoms with Crippen LogP contribution < -0.4 is 4.74 Å². The van der Waals surface area contributed by atoms with Crippen LogP contribution in [0.25, 0.3) is 10.9 Å². The van der Waals surface area contributed by atoms with Gasteiger partial charge in [0.15, 0.2) is 0 Å². The summed E-state index contributed by atoms with van der Waals surface area (Å²) in [4.78, 5) is 29.1. The predicted molar refractivity (Wildman–Crippen MR) is 164 cm³/mol. The molecule has 2 unspecified atom stereocenters. The SMILES string of the molecule is COC(=O)c1ccc(C2C(=O)N3C[C@H](F)C[C@@H]3C(O)N2Cc2c(OC)cc(C)c3c2ccn3S(=O)(=O)c2ccc(C)cc2)cc1. The van der Waals surface area contributed by atoms with Gasteiger partial charge in [0, 0.05) is 30.1 Å². The quantitative estimate of drug-likeness (QED) is 0.302. The van der Waals surface area contributed by atoms with E-state index in [2.05, 4.69) is 0 Å². The third-order valence-corrected chi connectivity index (χ3v) is 10.5. The lowest BCUT2D eigenvalue weighted by atomic mass is 9.95. The molecule has 2 aliphatic heterocycles. The van der Waals surface area contributed by atoms with Crippen LogP contribution >= 0.6 is 0 Å². The molecule has 0 aliphatic carbocycles. The van der Waals surface area contributed by atoms with Crippen LogP contribution in [-0.2, 0) is 26.1 Å². The van der Waals surface area contributed by atoms with Crippen LogP contribution in [0.1, 0.15) is 45.1 Å². The molecule has 1 aromatic heterocycles. The smallest absolute Gasteiger partial charge is 0.337 e. The average molecular weight is 636 g/mol. The van der Waals surface area contributed by atoms with Gasteiger partial charge in [0.25, 0.3) is 10.0 Å². The molecular formula is C33H34FN3O7S. The Balaban J connectivity index is 1.48. The number of aryl methyl sites for hydroxylation is 2. The number of benzene rings is 3. The Labute approximate surface area is 260 Å². The van der Waals surface area contributed by atoms with E-state index in [-0.39, 0.29) is 35.9 Å². The highest BCUT2D eigenvalue weighted by molar-refractivity contribution is 7.90. The lowest BCUT2D eigenvalue weighted by molar-refractivity contribution is -0.167. The zero-order valence-electron chi connectivity index (χ0n) is 25.3. The molecule has 1 N–H and O–H groups in total. The van der Waals surface area contributed by atoms with Crippen molar-refractivity contribution in [3.63, 3.8) is 0 Å². The first-order valence-electron chi connectivity index (χ1n) is 14.5. The van der Waals surface area contributed by atoms with E-state index in [0.717, 1.165) is 5.56 Å². The second-order valence-electron chi connectivity index (χ2n) is 11.6. The van der Waals surface area contributed by atoms with Crippen molar-refractivity contribution < 1.29 is 37.0 Å². The second-order valence-corrected chi connectivity index (χ2v) is 13.4. The van der Waals surface area contributed by atoms with Crippen molar-refractivity contribution in [2.24, 2.45) is 0 Å². The molecule has 0 saturated carbocycles. The van der Waals surface area contributed by atoms with Gasteiger partial charge in [0.05, 0.1) is 42.8 Å². The minimum atomic E-state index is -3.96. The molecule has 236 valence electrons. The van der Waals surface area contributed by atoms with Gasteiger partial charge < -0.3 is 19.5 Å². The van der Waals surface area contributed by atoms with Crippen LogP contribution in [0.15, 0.2) is 71.8 Å². The first-order valence-corrected chi connectivity index (χ1v) is 16.0. The van der Waals surface area contributed by atoms with Gasteiger partial charge in [-0.25, -0.2) is 21.6 Å². The molecule has 4 atom stereocenters. The van der Waals surface area contributed by atoms with E-state index in [1.54, 1.807) is 60.4 Å². The number of alkyl halides is 1. The maximum absolute atomic E-state index is 14.6. The Kier molecular flexibility index (Phi) is 7.92. The highest BCUT2D eigenvalue weighted by Crippen LogP contribution is 2.42. The van der Waals surface area contributed by atoms with Gasteiger partial charge in [-0.3, -0.25) is 9.69 Å². The molecule has 6 rings (SSSR count). The third kappa shape index (κ3) is 5.16. The van der Waals surface area contributed by atoms with Crippen molar-refractivity contribution in [2.75, 3.05) is 20.8 Å². The number of ether oxygens (including phenoxy) is 2. The topological polar surface area (TPSA) is 118 Å². The maximum Gasteiger partial charge on any atom is 0.337 e. The molecule has 0 bridgehead atoms. The van der Waals surface area contributed by atoms with E-state index in [1.165, 1.54) is 41.4 Å². The molecule has 4 aromatic rings. The van der Waals surface area contributed by atoms with Gasteiger partial charge in [0.1, 0.15) is 24.2 Å². The number of aromatic nitrogens is 1. The van der Waals surface area contributed by atoms with Gasteiger partial charge in [-0.15, -0.1) is 0 Å². The number of fused-ring (bicyclic) bond motifs is 2. The van der Waals surface area contributed by atoms with Crippen LogP contribution in [0.2, 0.25) is 0 Å². The van der Waals surface area contributed by atoms with Gasteiger partial charge >= 0.3 is 5.97 Å². The van der Waals surface area contributed by atoms with E-state index in [4.69, 9.17) is 9.47 Å². The van der Waals surface area contributed by atoms with Crippen molar-refractivity contribution in [1.29, 1.82) is 0 Å². The second kappa shape index (κ2) is 11.6. The Morgan fingerprint density at radius 2 is 1.73 bits per heavy atom. The summed E-state index contributed by atoms with van der Waals surface area (Å²) in [7, 11) is -1.19. The molecule has 45 heavy (non-hydrogen) atoms. The number of hydrogen-bond acceptors (Lipinski definition) is 8. The first-order chi connectivity index (χ1) is 21.5. The first kappa shape index (κ1) is 30.8. The van der Waals surface area contributed by atoms with E-state index < -0.39 is 40.5 Å². The van der Waals surface area contributed by atoms with Crippen molar-refractivity contribution in [3.8, 4) is 5.75 Å². The van der Waals surface area contributed by atoms with E-state index in [0.29, 0.717) is 33.3 Å². The molecule has 10 nitrogen and oxygen atoms in total. The summed E-state index contributed by atoms with van der Waals surface area (Å²) in [6, 6.07) is 14.5. The number of methoxy groups -OCH3 is 2. The Morgan fingerprint density at radius 1 is 1.04 bits per heavy atom. The number of nitrogens with zero attached hydrogens (tertiary/aromatic N) is 3. The number of halogens is 1. The molecule has 3 heterocycles. The van der Waals surface area contributed by atoms with E-state index >= 15 is 0 Å². The van der Waals surface area contributed by atoms with Gasteiger partial charge in [0.2, 0.25) is 5.91 Å². The Morgan fingerprint density at radius 3 is 2.38 bits per heavy atom. The standard InChI is InChI=1S/C33H34FN3O7S/c1-19-5-11-24(12-6-19)45(41,42)37-14-13-25-26(28(43-3)15-20(2)29(25)37)18-36-30(21-7-9-22(10-8-21)33(40)44-4)32(39)35-17-23(34)16-27(35)31(36)38/h5-15,23,27,30-31,38H,16-18H2,1-4H3/t23-,27-,30?,31?/m1/s1. The zero-order chi connectivity index (χ0) is 32.2. The number of carbonyl (C=O) groups excluding carboxylic acids is 2. The molecular weight excluding hydrogens is 601 g/mol. The summed E-state index contributed by atoms with van der Waals surface area (Å²) in [5.74, 6) is -0.467. The monoisotopic (exact) mass is 635 g/mol. The molecule has 2 fully saturated rings. The minimum absolute atomic E-state index is 0.0109. The summed E-state index contributed by atoms with van der Waals surface area (Å²) in [6.45, 7) is 3.52. The summed E-state index contributed by atoms with van der Waals surface area (Å²) >= 11 is 0. The highest BCUT2D eigenvalue weighted by atomic mass is 32.2. The summed E-state index contributed by atoms with van der Waals surface area (Å²) < 4.78 is 54.0. The van der Waals surface area contributed by atoms with Gasteiger partial charge in [-0.1, -0.05) is 29.8 Å². The van der Waals surface area contributed by atoms with E-state index in [1.807, 2.05) is 6.92 Å². The van der Waals surface area contributed by atoms with Crippen LogP contribution in [0.5, 0.6) is 5.75 Å². The lowest BCUT2D eigenvalue weighted by Gasteiger charge is -2.46. The van der Waals surface area contributed by atoms with Crippen molar-refractivity contribution >= 4 is 32.8 Å². The fraction of sp³-hybridized carbons (Fsp3) is 0.333. The number of hydrogen-bond donors (Lipinski definition) is 1. The van der Waals surface area contributed by atoms with E-state index in [9.17, 15) is 27.5 Å². The summed E-state index contributed by atoms with van der Waals surface area (Å²) in [5, 5.41) is 12.3. The molecule has 3 aromatic carbocycles. The number of rotatable bonds is 7. The number of aliphatic hydroxyl groups is 1. The largest absolute Gasteiger partial charge is 0.496 e. The number of carbonyl (C=O) groups is 2. The summed E-state index contributed by atoms with van der Waals surface area (Å²) in [6.07, 6.45) is -1.04. The Hall–Kier alpha value is -4.26. The normalized spacial score (nSPS) is 22.1. The number of piperazine rings is 1. The maximum atomic E-state index is 14.6. The van der Waals surface area contributed by atoms with Crippen LogP contribution in [0.4, 0.5) is 4.39 Å². The summed E-state index contributed by atoms with van der Waals surface area (Å²) in [5.41, 5.74) is 3.36. The predicted octanol–water partition coefficient (Wildman–Crippen LogP) is 4.10. The Bertz CT molecular complexity index is 1890. The van der Waals surface area contributed by atoms with Gasteiger partial charge in [-0.05, 0) is 61.4 Å². The van der Waals surface area contributed by atoms with Gasteiger partial charge in [-0.2, -0.15) is 0 Å². The fourth-order valence-electron chi connectivity index (χ4n) is 6.54. The van der Waals surface area contributed by atoms with Crippen molar-refractivity contribution in [2.45, 2.75) is 56.2 Å². The number of amides is 1. The molecule has 12 heteroatoms. The van der Waals surface area contributed by atoms with Crippen molar-refractivity contribution in [3.05, 3.63) is 94.7 Å². The minimum Gasteiger partial charge on any atom is -0.496 e. The van der Waals surface area contributed by atoms with Crippen LogP contribution in [0.3, 0.4) is 0 Å². The lowest BCUT2D eigenvalue weighted by Crippen LogP contribution is -2.60. The van der Waals surface area contributed by atoms with Crippen LogP contribution in [-0.4, -0.2) is 78.4 Å². The van der Waals surface area contributed by atoms with Crippen LogP contribution in [0, 0.1) is 13.8 Å². The molecule has 1 amide bonds. The highest BCUT2D eigenvalue weighted by Gasteiger charge is 2.51. The zero-order valence-corrected chi connectivity index (χ0v) is 26.1. The fourth-order valence-corrected chi connectivity index (χ4v) is 7.95. The van der Waals surface area contributed by atoms with Crippen molar-refractivity contribution in [1.82, 2.24) is 13.8 Å². The molecule has 2 aliphatic rings. The number of aliphatic hydroxyl groups excluding tert-OH is 1. The number of esters is 1. The molecule has 0 spiro atoms. The average Bonchev–Trinajstić information content (AvgIpc) is 3.66.